The lowest BCUT2D eigenvalue weighted by molar-refractivity contribution is -0.136. The Bertz CT molecular complexity index is 997. The van der Waals surface area contributed by atoms with Gasteiger partial charge in [0, 0.05) is 18.4 Å². The molecule has 0 amide bonds. The van der Waals surface area contributed by atoms with Crippen LogP contribution >= 0.6 is 11.3 Å². The number of methoxy groups -OCH3 is 1. The molecule has 1 aromatic carbocycles. The van der Waals surface area contributed by atoms with E-state index in [1.54, 1.807) is 39.3 Å². The van der Waals surface area contributed by atoms with Crippen LogP contribution in [0.3, 0.4) is 0 Å². The van der Waals surface area contributed by atoms with Gasteiger partial charge in [0.25, 0.3) is 5.56 Å². The molecule has 1 heterocycles. The van der Waals surface area contributed by atoms with E-state index in [-0.39, 0.29) is 17.7 Å². The van der Waals surface area contributed by atoms with Gasteiger partial charge in [0.15, 0.2) is 5.57 Å². The summed E-state index contributed by atoms with van der Waals surface area (Å²) in [7, 11) is 1.59. The predicted octanol–water partition coefficient (Wildman–Crippen LogP) is 1.03. The average Bonchev–Trinajstić information content (AvgIpc) is 2.96. The van der Waals surface area contributed by atoms with Gasteiger partial charge in [0.05, 0.1) is 13.7 Å². The van der Waals surface area contributed by atoms with Gasteiger partial charge >= 0.3 is 5.97 Å². The molecule has 0 saturated carbocycles. The quantitative estimate of drug-likeness (QED) is 0.760. The third-order valence-corrected chi connectivity index (χ3v) is 4.62. The average molecular weight is 373 g/mol. The summed E-state index contributed by atoms with van der Waals surface area (Å²) in [6, 6.07) is 9.06. The molecular formula is C18H19N3O4S. The molecule has 0 spiro atoms. The van der Waals surface area contributed by atoms with Crippen LogP contribution in [-0.4, -0.2) is 24.3 Å². The van der Waals surface area contributed by atoms with Crippen molar-refractivity contribution < 1.29 is 14.3 Å². The molecule has 0 aliphatic heterocycles. The molecule has 1 N–H and O–H groups in total. The number of hydrogen-bond acceptors (Lipinski definition) is 7. The van der Waals surface area contributed by atoms with Crippen LogP contribution in [0.25, 0.3) is 11.8 Å². The molecule has 2 aromatic rings. The fourth-order valence-corrected chi connectivity index (χ4v) is 3.29. The molecule has 0 bridgehead atoms. The highest BCUT2D eigenvalue weighted by Gasteiger charge is 2.16. The van der Waals surface area contributed by atoms with Crippen LogP contribution in [0.4, 0.5) is 5.69 Å². The zero-order valence-electron chi connectivity index (χ0n) is 14.7. The first kappa shape index (κ1) is 19.3. The number of ether oxygens (including phenoxy) is 2. The van der Waals surface area contributed by atoms with E-state index >= 15 is 0 Å². The van der Waals surface area contributed by atoms with Gasteiger partial charge in [0.2, 0.25) is 0 Å². The Morgan fingerprint density at radius 3 is 2.58 bits per heavy atom. The van der Waals surface area contributed by atoms with Crippen molar-refractivity contribution in [2.45, 2.75) is 20.4 Å². The van der Waals surface area contributed by atoms with Crippen molar-refractivity contribution in [3.05, 3.63) is 43.8 Å². The van der Waals surface area contributed by atoms with E-state index in [1.807, 2.05) is 18.2 Å². The van der Waals surface area contributed by atoms with E-state index in [9.17, 15) is 14.9 Å². The van der Waals surface area contributed by atoms with E-state index in [0.29, 0.717) is 15.7 Å². The van der Waals surface area contributed by atoms with Gasteiger partial charge < -0.3 is 14.8 Å². The Balaban J connectivity index is 2.51. The lowest BCUT2D eigenvalue weighted by atomic mass is 10.3. The van der Waals surface area contributed by atoms with Gasteiger partial charge in [-0.3, -0.25) is 9.36 Å². The number of esters is 1. The van der Waals surface area contributed by atoms with Crippen molar-refractivity contribution in [2.24, 2.45) is 0 Å². The summed E-state index contributed by atoms with van der Waals surface area (Å²) in [5, 5.41) is 12.4. The molecule has 0 radical (unpaired) electrons. The number of rotatable bonds is 6. The van der Waals surface area contributed by atoms with Gasteiger partial charge in [0.1, 0.15) is 21.0 Å². The standard InChI is InChI=1S/C18H19N3O4S/c1-4-21-16(22)15(11-20-12-6-8-13(24-3)9-7-12)26-17(21)14(10-19)18(23)25-5-2/h6-9,11,20H,4-5H2,1-3H3/b15-11+,17-14-. The first-order valence-corrected chi connectivity index (χ1v) is 8.79. The number of nitriles is 1. The lowest BCUT2D eigenvalue weighted by Crippen LogP contribution is -2.32. The molecule has 1 aromatic heterocycles. The maximum absolute atomic E-state index is 12.6. The normalized spacial score (nSPS) is 12.3. The predicted molar refractivity (Wildman–Crippen MR) is 100 cm³/mol. The van der Waals surface area contributed by atoms with E-state index in [2.05, 4.69) is 5.32 Å². The Kier molecular flexibility index (Phi) is 6.58. The highest BCUT2D eigenvalue weighted by atomic mass is 32.1. The molecular weight excluding hydrogens is 354 g/mol. The zero-order chi connectivity index (χ0) is 19.1. The van der Waals surface area contributed by atoms with Crippen molar-refractivity contribution in [1.29, 1.82) is 5.26 Å². The summed E-state index contributed by atoms with van der Waals surface area (Å²) in [6.07, 6.45) is 1.56. The first-order chi connectivity index (χ1) is 12.5. The van der Waals surface area contributed by atoms with E-state index < -0.39 is 5.97 Å². The fraction of sp³-hybridized carbons (Fsp3) is 0.278. The topological polar surface area (TPSA) is 93.4 Å². The number of anilines is 1. The Hall–Kier alpha value is -3.05. The maximum Gasteiger partial charge on any atom is 0.351 e. The minimum Gasteiger partial charge on any atom is -0.497 e. The number of nitrogens with one attached hydrogen (secondary N) is 1. The van der Waals surface area contributed by atoms with E-state index in [1.165, 1.54) is 4.57 Å². The lowest BCUT2D eigenvalue weighted by Gasteiger charge is -2.02. The number of aromatic nitrogens is 1. The zero-order valence-corrected chi connectivity index (χ0v) is 15.6. The Labute approximate surface area is 154 Å². The molecule has 0 aliphatic carbocycles. The minimum absolute atomic E-state index is 0.157. The van der Waals surface area contributed by atoms with E-state index in [0.717, 1.165) is 22.8 Å². The summed E-state index contributed by atoms with van der Waals surface area (Å²) in [6.45, 7) is 3.93. The molecule has 7 nitrogen and oxygen atoms in total. The number of carbonyl (C=O) groups is 1. The van der Waals surface area contributed by atoms with Crippen LogP contribution in [0.15, 0.2) is 29.1 Å². The number of nitrogens with zero attached hydrogens (tertiary/aromatic N) is 2. The molecule has 26 heavy (non-hydrogen) atoms. The second-order valence-electron chi connectivity index (χ2n) is 5.05. The van der Waals surface area contributed by atoms with Crippen LogP contribution in [0.1, 0.15) is 13.8 Å². The maximum atomic E-state index is 12.6. The molecule has 2 rings (SSSR count). The fourth-order valence-electron chi connectivity index (χ4n) is 2.21. The van der Waals surface area contributed by atoms with Crippen LogP contribution in [-0.2, 0) is 16.1 Å². The summed E-state index contributed by atoms with van der Waals surface area (Å²) in [5.74, 6) is -0.00175. The molecule has 0 saturated heterocycles. The Morgan fingerprint density at radius 1 is 1.35 bits per heavy atom. The Morgan fingerprint density at radius 2 is 2.04 bits per heavy atom. The van der Waals surface area contributed by atoms with Gasteiger partial charge in [-0.15, -0.1) is 11.3 Å². The molecule has 0 aliphatic rings. The van der Waals surface area contributed by atoms with Gasteiger partial charge in [-0.25, -0.2) is 4.79 Å². The molecule has 0 atom stereocenters. The largest absolute Gasteiger partial charge is 0.497 e. The molecule has 0 fully saturated rings. The summed E-state index contributed by atoms with van der Waals surface area (Å²) in [5.41, 5.74) is 0.337. The summed E-state index contributed by atoms with van der Waals surface area (Å²) >= 11 is 1.07. The van der Waals surface area contributed by atoms with Crippen LogP contribution in [0, 0.1) is 11.3 Å². The monoisotopic (exact) mass is 373 g/mol. The van der Waals surface area contributed by atoms with Crippen molar-refractivity contribution in [3.8, 4) is 11.8 Å². The first-order valence-electron chi connectivity index (χ1n) is 7.97. The van der Waals surface area contributed by atoms with Gasteiger partial charge in [-0.1, -0.05) is 0 Å². The SMILES string of the molecule is CCOC(=O)/C(C#N)=c1\s/c(=C/Nc2ccc(OC)cc2)c(=O)n1CC. The van der Waals surface area contributed by atoms with Crippen molar-refractivity contribution >= 4 is 34.8 Å². The highest BCUT2D eigenvalue weighted by molar-refractivity contribution is 7.07. The van der Waals surface area contributed by atoms with Crippen molar-refractivity contribution in [3.63, 3.8) is 0 Å². The van der Waals surface area contributed by atoms with Crippen LogP contribution < -0.4 is 24.8 Å². The van der Waals surface area contributed by atoms with Crippen molar-refractivity contribution in [1.82, 2.24) is 4.57 Å². The number of carbonyl (C=O) groups excluding carboxylic acids is 1. The van der Waals surface area contributed by atoms with Crippen LogP contribution in [0.2, 0.25) is 0 Å². The molecule has 136 valence electrons. The van der Waals surface area contributed by atoms with Crippen molar-refractivity contribution in [2.75, 3.05) is 19.0 Å². The molecule has 8 heteroatoms. The third-order valence-electron chi connectivity index (χ3n) is 3.49. The highest BCUT2D eigenvalue weighted by Crippen LogP contribution is 2.14. The summed E-state index contributed by atoms with van der Waals surface area (Å²) < 4.78 is 12.1. The number of hydrogen-bond donors (Lipinski definition) is 1. The molecule has 0 unspecified atom stereocenters. The minimum atomic E-state index is -0.729. The summed E-state index contributed by atoms with van der Waals surface area (Å²) in [4.78, 5) is 24.5. The second kappa shape index (κ2) is 8.87. The van der Waals surface area contributed by atoms with Crippen LogP contribution in [0.5, 0.6) is 5.75 Å². The number of benzene rings is 1. The smallest absolute Gasteiger partial charge is 0.351 e. The van der Waals surface area contributed by atoms with Gasteiger partial charge in [-0.05, 0) is 38.1 Å². The van der Waals surface area contributed by atoms with Gasteiger partial charge in [-0.2, -0.15) is 5.26 Å². The second-order valence-corrected chi connectivity index (χ2v) is 6.08. The van der Waals surface area contributed by atoms with E-state index in [4.69, 9.17) is 9.47 Å². The third kappa shape index (κ3) is 4.13. The number of thiazole rings is 1.